The lowest BCUT2D eigenvalue weighted by Gasteiger charge is -2.05. The molecule has 2 heteroatoms. The van der Waals surface area contributed by atoms with Gasteiger partial charge in [0, 0.05) is 17.8 Å². The van der Waals surface area contributed by atoms with Crippen molar-refractivity contribution in [2.45, 2.75) is 13.3 Å². The van der Waals surface area contributed by atoms with Crippen LogP contribution in [0.1, 0.15) is 23.7 Å². The Kier molecular flexibility index (Phi) is 3.33. The first-order valence-electron chi connectivity index (χ1n) is 4.16. The minimum atomic E-state index is 0.728. The summed E-state index contributed by atoms with van der Waals surface area (Å²) < 4.78 is 0. The summed E-state index contributed by atoms with van der Waals surface area (Å²) in [7, 11) is 0. The van der Waals surface area contributed by atoms with E-state index in [4.69, 9.17) is 0 Å². The zero-order chi connectivity index (χ0) is 8.81. The molecule has 0 saturated carbocycles. The Morgan fingerprint density at radius 1 is 1.42 bits per heavy atom. The van der Waals surface area contributed by atoms with Gasteiger partial charge in [0.1, 0.15) is 0 Å². The van der Waals surface area contributed by atoms with E-state index in [1.165, 1.54) is 0 Å². The van der Waals surface area contributed by atoms with Gasteiger partial charge in [-0.25, -0.2) is 0 Å². The highest BCUT2D eigenvalue weighted by atomic mass is 16.1. The van der Waals surface area contributed by atoms with Crippen molar-refractivity contribution in [1.82, 2.24) is 0 Å². The van der Waals surface area contributed by atoms with Crippen molar-refractivity contribution < 1.29 is 4.79 Å². The summed E-state index contributed by atoms with van der Waals surface area (Å²) >= 11 is 0. The first-order valence-corrected chi connectivity index (χ1v) is 4.16. The van der Waals surface area contributed by atoms with Gasteiger partial charge in [0.25, 0.3) is 0 Å². The minimum absolute atomic E-state index is 0.728. The Morgan fingerprint density at radius 2 is 2.17 bits per heavy atom. The smallest absolute Gasteiger partial charge is 0.152 e. The Bertz CT molecular complexity index is 258. The van der Waals surface area contributed by atoms with Gasteiger partial charge >= 0.3 is 0 Å². The van der Waals surface area contributed by atoms with E-state index in [9.17, 15) is 4.79 Å². The quantitative estimate of drug-likeness (QED) is 0.690. The van der Waals surface area contributed by atoms with E-state index in [0.29, 0.717) is 0 Å². The average molecular weight is 163 g/mol. The van der Waals surface area contributed by atoms with Gasteiger partial charge in [-0.2, -0.15) is 0 Å². The maximum absolute atomic E-state index is 10.6. The molecular formula is C10H13NO. The molecule has 0 atom stereocenters. The van der Waals surface area contributed by atoms with Gasteiger partial charge in [-0.05, 0) is 18.6 Å². The van der Waals surface area contributed by atoms with E-state index < -0.39 is 0 Å². The number of hydrogen-bond acceptors (Lipinski definition) is 2. The second-order valence-electron chi connectivity index (χ2n) is 2.63. The fraction of sp³-hybridized carbons (Fsp3) is 0.300. The highest BCUT2D eigenvalue weighted by Crippen LogP contribution is 2.11. The molecule has 0 fully saturated rings. The highest BCUT2D eigenvalue weighted by Gasteiger charge is 1.96. The highest BCUT2D eigenvalue weighted by molar-refractivity contribution is 5.83. The van der Waals surface area contributed by atoms with E-state index in [1.807, 2.05) is 24.3 Å². The molecule has 0 bridgehead atoms. The van der Waals surface area contributed by atoms with Gasteiger partial charge in [-0.1, -0.05) is 19.1 Å². The van der Waals surface area contributed by atoms with Crippen molar-refractivity contribution in [3.63, 3.8) is 0 Å². The van der Waals surface area contributed by atoms with Crippen molar-refractivity contribution in [2.24, 2.45) is 0 Å². The number of aldehydes is 1. The van der Waals surface area contributed by atoms with Crippen molar-refractivity contribution >= 4 is 12.0 Å². The maximum atomic E-state index is 10.6. The predicted octanol–water partition coefficient (Wildman–Crippen LogP) is 2.32. The molecule has 0 aromatic heterocycles. The monoisotopic (exact) mass is 163 g/mol. The van der Waals surface area contributed by atoms with Gasteiger partial charge in [0.15, 0.2) is 6.29 Å². The second-order valence-corrected chi connectivity index (χ2v) is 2.63. The van der Waals surface area contributed by atoms with Crippen LogP contribution >= 0.6 is 0 Å². The zero-order valence-electron chi connectivity index (χ0n) is 7.21. The van der Waals surface area contributed by atoms with E-state index in [0.717, 1.165) is 30.5 Å². The van der Waals surface area contributed by atoms with Crippen LogP contribution < -0.4 is 5.32 Å². The molecule has 0 radical (unpaired) electrons. The maximum Gasteiger partial charge on any atom is 0.152 e. The number of hydrogen-bond donors (Lipinski definition) is 1. The van der Waals surface area contributed by atoms with Crippen LogP contribution in [-0.4, -0.2) is 12.8 Å². The Balaban J connectivity index is 2.75. The molecule has 1 aromatic carbocycles. The molecule has 0 amide bonds. The SMILES string of the molecule is CCCNc1ccccc1C=O. The number of para-hydroxylation sites is 1. The minimum Gasteiger partial charge on any atom is -0.384 e. The number of rotatable bonds is 4. The Morgan fingerprint density at radius 3 is 2.83 bits per heavy atom. The van der Waals surface area contributed by atoms with Crippen molar-refractivity contribution in [3.8, 4) is 0 Å². The van der Waals surface area contributed by atoms with Crippen molar-refractivity contribution in [1.29, 1.82) is 0 Å². The normalized spacial score (nSPS) is 9.42. The molecule has 0 spiro atoms. The van der Waals surface area contributed by atoms with Gasteiger partial charge in [0.2, 0.25) is 0 Å². The summed E-state index contributed by atoms with van der Waals surface area (Å²) in [6.07, 6.45) is 1.94. The van der Waals surface area contributed by atoms with E-state index in [-0.39, 0.29) is 0 Å². The molecule has 0 aliphatic heterocycles. The van der Waals surface area contributed by atoms with Crippen LogP contribution in [0.3, 0.4) is 0 Å². The molecule has 0 unspecified atom stereocenters. The summed E-state index contributed by atoms with van der Waals surface area (Å²) in [6.45, 7) is 3.00. The molecule has 12 heavy (non-hydrogen) atoms. The van der Waals surface area contributed by atoms with Gasteiger partial charge < -0.3 is 5.32 Å². The van der Waals surface area contributed by atoms with Crippen LogP contribution in [0.2, 0.25) is 0 Å². The molecular weight excluding hydrogens is 150 g/mol. The van der Waals surface area contributed by atoms with Gasteiger partial charge in [0.05, 0.1) is 0 Å². The molecule has 64 valence electrons. The lowest BCUT2D eigenvalue weighted by molar-refractivity contribution is 0.112. The summed E-state index contributed by atoms with van der Waals surface area (Å²) in [6, 6.07) is 7.51. The third kappa shape index (κ3) is 2.09. The van der Waals surface area contributed by atoms with E-state index in [1.54, 1.807) is 0 Å². The third-order valence-corrected chi connectivity index (χ3v) is 1.65. The summed E-state index contributed by atoms with van der Waals surface area (Å²) in [4.78, 5) is 10.6. The van der Waals surface area contributed by atoms with E-state index in [2.05, 4.69) is 12.2 Å². The number of nitrogens with one attached hydrogen (secondary N) is 1. The topological polar surface area (TPSA) is 29.1 Å². The fourth-order valence-electron chi connectivity index (χ4n) is 1.02. The number of carbonyl (C=O) groups excluding carboxylic acids is 1. The fourth-order valence-corrected chi connectivity index (χ4v) is 1.02. The molecule has 0 aliphatic carbocycles. The van der Waals surface area contributed by atoms with Crippen molar-refractivity contribution in [2.75, 3.05) is 11.9 Å². The number of benzene rings is 1. The standard InChI is InChI=1S/C10H13NO/c1-2-7-11-10-6-4-3-5-9(10)8-12/h3-6,8,11H,2,7H2,1H3. The predicted molar refractivity (Wildman–Crippen MR) is 50.6 cm³/mol. The van der Waals surface area contributed by atoms with Gasteiger partial charge in [-0.15, -0.1) is 0 Å². The third-order valence-electron chi connectivity index (χ3n) is 1.65. The Labute approximate surface area is 72.6 Å². The molecule has 1 aromatic rings. The Hall–Kier alpha value is -1.31. The summed E-state index contributed by atoms with van der Waals surface area (Å²) in [5, 5.41) is 3.18. The number of anilines is 1. The van der Waals surface area contributed by atoms with Crippen LogP contribution in [0.15, 0.2) is 24.3 Å². The lowest BCUT2D eigenvalue weighted by atomic mass is 10.2. The first-order chi connectivity index (χ1) is 5.88. The average Bonchev–Trinajstić information content (AvgIpc) is 2.15. The van der Waals surface area contributed by atoms with Crippen LogP contribution in [-0.2, 0) is 0 Å². The first kappa shape index (κ1) is 8.78. The van der Waals surface area contributed by atoms with Gasteiger partial charge in [-0.3, -0.25) is 4.79 Å². The zero-order valence-corrected chi connectivity index (χ0v) is 7.21. The summed E-state index contributed by atoms with van der Waals surface area (Å²) in [5.41, 5.74) is 1.65. The van der Waals surface area contributed by atoms with Crippen LogP contribution in [0.4, 0.5) is 5.69 Å². The molecule has 1 N–H and O–H groups in total. The number of carbonyl (C=O) groups is 1. The van der Waals surface area contributed by atoms with Crippen LogP contribution in [0.5, 0.6) is 0 Å². The van der Waals surface area contributed by atoms with Crippen molar-refractivity contribution in [3.05, 3.63) is 29.8 Å². The molecule has 0 saturated heterocycles. The van der Waals surface area contributed by atoms with E-state index >= 15 is 0 Å². The summed E-state index contributed by atoms with van der Waals surface area (Å²) in [5.74, 6) is 0. The molecule has 2 nitrogen and oxygen atoms in total. The van der Waals surface area contributed by atoms with Crippen LogP contribution in [0.25, 0.3) is 0 Å². The lowest BCUT2D eigenvalue weighted by Crippen LogP contribution is -2.01. The molecule has 0 aliphatic rings. The largest absolute Gasteiger partial charge is 0.384 e. The molecule has 0 heterocycles. The van der Waals surface area contributed by atoms with Crippen LogP contribution in [0, 0.1) is 0 Å². The second kappa shape index (κ2) is 4.54. The molecule has 1 rings (SSSR count).